The molecule has 0 aliphatic carbocycles. The van der Waals surface area contributed by atoms with Crippen LogP contribution in [0.3, 0.4) is 0 Å². The molecule has 1 rings (SSSR count). The fraction of sp³-hybridized carbons (Fsp3) is 0.667. The molecule has 1 aromatic rings. The van der Waals surface area contributed by atoms with E-state index in [1.807, 2.05) is 13.8 Å². The molecule has 0 spiro atoms. The number of hydrogen-bond donors (Lipinski definition) is 0. The maximum Gasteiger partial charge on any atom is 0.196 e. The van der Waals surface area contributed by atoms with Crippen LogP contribution in [-0.2, 0) is 0 Å². The molecule has 0 aliphatic rings. The lowest BCUT2D eigenvalue weighted by Crippen LogP contribution is -1.83. The molecule has 0 saturated heterocycles. The van der Waals surface area contributed by atoms with E-state index in [2.05, 4.69) is 18.8 Å². The third kappa shape index (κ3) is 4.59. The third-order valence-corrected chi connectivity index (χ3v) is 0.945. The molecule has 0 amide bonds. The molecule has 0 atom stereocenters. The van der Waals surface area contributed by atoms with Crippen molar-refractivity contribution < 1.29 is 4.42 Å². The SMILES string of the molecule is CC(C)c1ncco1.CCC. The summed E-state index contributed by atoms with van der Waals surface area (Å²) in [5.74, 6) is 1.22. The van der Waals surface area contributed by atoms with E-state index >= 15 is 0 Å². The molecular formula is C9H17NO. The Kier molecular flexibility index (Phi) is 5.53. The van der Waals surface area contributed by atoms with Crippen molar-refractivity contribution in [3.8, 4) is 0 Å². The van der Waals surface area contributed by atoms with Crippen LogP contribution in [0.15, 0.2) is 16.9 Å². The summed E-state index contributed by atoms with van der Waals surface area (Å²) >= 11 is 0. The van der Waals surface area contributed by atoms with Crippen LogP contribution < -0.4 is 0 Å². The molecule has 0 fully saturated rings. The van der Waals surface area contributed by atoms with E-state index in [1.54, 1.807) is 12.5 Å². The minimum atomic E-state index is 0.407. The summed E-state index contributed by atoms with van der Waals surface area (Å²) in [5, 5.41) is 0. The summed E-state index contributed by atoms with van der Waals surface area (Å²) in [7, 11) is 0. The Hall–Kier alpha value is -0.790. The first-order valence-corrected chi connectivity index (χ1v) is 4.11. The Morgan fingerprint density at radius 1 is 1.45 bits per heavy atom. The van der Waals surface area contributed by atoms with Crippen LogP contribution in [0.4, 0.5) is 0 Å². The number of rotatable bonds is 1. The Balaban J connectivity index is 0.000000292. The van der Waals surface area contributed by atoms with Crippen LogP contribution in [0, 0.1) is 0 Å². The molecule has 0 aromatic carbocycles. The highest BCUT2D eigenvalue weighted by molar-refractivity contribution is 4.85. The number of nitrogens with zero attached hydrogens (tertiary/aromatic N) is 1. The largest absolute Gasteiger partial charge is 0.449 e. The second-order valence-electron chi connectivity index (χ2n) is 2.73. The maximum absolute atomic E-state index is 4.98. The monoisotopic (exact) mass is 155 g/mol. The van der Waals surface area contributed by atoms with E-state index in [1.165, 1.54) is 6.42 Å². The summed E-state index contributed by atoms with van der Waals surface area (Å²) in [6.45, 7) is 8.34. The quantitative estimate of drug-likeness (QED) is 0.622. The molecule has 2 heteroatoms. The Labute approximate surface area is 68.6 Å². The number of hydrogen-bond acceptors (Lipinski definition) is 2. The number of oxazole rings is 1. The van der Waals surface area contributed by atoms with E-state index in [9.17, 15) is 0 Å². The van der Waals surface area contributed by atoms with Crippen molar-refractivity contribution in [1.29, 1.82) is 0 Å². The van der Waals surface area contributed by atoms with Crippen LogP contribution in [0.1, 0.15) is 45.9 Å². The average Bonchev–Trinajstić information content (AvgIpc) is 2.38. The first kappa shape index (κ1) is 10.2. The van der Waals surface area contributed by atoms with Crippen molar-refractivity contribution in [2.75, 3.05) is 0 Å². The Morgan fingerprint density at radius 2 is 2.00 bits per heavy atom. The van der Waals surface area contributed by atoms with Crippen molar-refractivity contribution in [3.05, 3.63) is 18.4 Å². The van der Waals surface area contributed by atoms with Gasteiger partial charge in [-0.1, -0.05) is 34.1 Å². The van der Waals surface area contributed by atoms with Gasteiger partial charge in [0.2, 0.25) is 0 Å². The summed E-state index contributed by atoms with van der Waals surface area (Å²) in [6.07, 6.45) is 4.50. The van der Waals surface area contributed by atoms with Crippen molar-refractivity contribution >= 4 is 0 Å². The molecule has 0 unspecified atom stereocenters. The summed E-state index contributed by atoms with van der Waals surface area (Å²) in [6, 6.07) is 0. The van der Waals surface area contributed by atoms with E-state index in [4.69, 9.17) is 4.42 Å². The fourth-order valence-electron chi connectivity index (χ4n) is 0.520. The maximum atomic E-state index is 4.98. The van der Waals surface area contributed by atoms with Gasteiger partial charge in [-0.05, 0) is 0 Å². The van der Waals surface area contributed by atoms with Crippen molar-refractivity contribution in [2.24, 2.45) is 0 Å². The molecule has 64 valence electrons. The van der Waals surface area contributed by atoms with Gasteiger partial charge in [-0.2, -0.15) is 0 Å². The van der Waals surface area contributed by atoms with Crippen LogP contribution in [-0.4, -0.2) is 4.98 Å². The normalized spacial score (nSPS) is 9.18. The van der Waals surface area contributed by atoms with Gasteiger partial charge < -0.3 is 4.42 Å². The van der Waals surface area contributed by atoms with Crippen molar-refractivity contribution in [1.82, 2.24) is 4.98 Å². The van der Waals surface area contributed by atoms with E-state index in [-0.39, 0.29) is 0 Å². The highest BCUT2D eigenvalue weighted by Crippen LogP contribution is 2.09. The summed E-state index contributed by atoms with van der Waals surface area (Å²) in [4.78, 5) is 3.95. The van der Waals surface area contributed by atoms with Crippen LogP contribution in [0.2, 0.25) is 0 Å². The highest BCUT2D eigenvalue weighted by atomic mass is 16.3. The lowest BCUT2D eigenvalue weighted by atomic mass is 10.2. The molecule has 11 heavy (non-hydrogen) atoms. The molecule has 0 N–H and O–H groups in total. The van der Waals surface area contributed by atoms with Gasteiger partial charge in [-0.25, -0.2) is 4.98 Å². The second kappa shape index (κ2) is 5.96. The van der Waals surface area contributed by atoms with Gasteiger partial charge in [-0.15, -0.1) is 0 Å². The molecule has 0 bridgehead atoms. The van der Waals surface area contributed by atoms with Crippen molar-refractivity contribution in [3.63, 3.8) is 0 Å². The molecule has 0 saturated carbocycles. The molecule has 1 heterocycles. The Morgan fingerprint density at radius 3 is 2.18 bits per heavy atom. The number of aromatic nitrogens is 1. The summed E-state index contributed by atoms with van der Waals surface area (Å²) < 4.78 is 4.98. The third-order valence-electron chi connectivity index (χ3n) is 0.945. The van der Waals surface area contributed by atoms with Crippen LogP contribution in [0.25, 0.3) is 0 Å². The minimum absolute atomic E-state index is 0.407. The van der Waals surface area contributed by atoms with Gasteiger partial charge in [0.05, 0.1) is 6.20 Å². The topological polar surface area (TPSA) is 26.0 Å². The highest BCUT2D eigenvalue weighted by Gasteiger charge is 2.00. The lowest BCUT2D eigenvalue weighted by molar-refractivity contribution is 0.471. The van der Waals surface area contributed by atoms with Crippen LogP contribution >= 0.6 is 0 Å². The van der Waals surface area contributed by atoms with E-state index < -0.39 is 0 Å². The first-order chi connectivity index (χ1) is 5.22. The standard InChI is InChI=1S/C6H9NO.C3H8/c1-5(2)6-7-3-4-8-6;1-3-2/h3-5H,1-2H3;3H2,1-2H3. The zero-order valence-electron chi connectivity index (χ0n) is 7.79. The lowest BCUT2D eigenvalue weighted by Gasteiger charge is -1.92. The predicted octanol–water partition coefficient (Wildman–Crippen LogP) is 3.21. The van der Waals surface area contributed by atoms with Gasteiger partial charge >= 0.3 is 0 Å². The zero-order chi connectivity index (χ0) is 8.69. The molecule has 0 radical (unpaired) electrons. The van der Waals surface area contributed by atoms with Gasteiger partial charge in [-0.3, -0.25) is 0 Å². The Bertz CT molecular complexity index is 156. The van der Waals surface area contributed by atoms with E-state index in [0.29, 0.717) is 5.92 Å². The van der Waals surface area contributed by atoms with Crippen molar-refractivity contribution in [2.45, 2.75) is 40.0 Å². The van der Waals surface area contributed by atoms with Gasteiger partial charge in [0, 0.05) is 5.92 Å². The van der Waals surface area contributed by atoms with Gasteiger partial charge in [0.15, 0.2) is 5.89 Å². The zero-order valence-corrected chi connectivity index (χ0v) is 7.79. The average molecular weight is 155 g/mol. The minimum Gasteiger partial charge on any atom is -0.449 e. The van der Waals surface area contributed by atoms with Gasteiger partial charge in [0.1, 0.15) is 6.26 Å². The van der Waals surface area contributed by atoms with Gasteiger partial charge in [0.25, 0.3) is 0 Å². The smallest absolute Gasteiger partial charge is 0.196 e. The summed E-state index contributed by atoms with van der Waals surface area (Å²) in [5.41, 5.74) is 0. The fourth-order valence-corrected chi connectivity index (χ4v) is 0.520. The first-order valence-electron chi connectivity index (χ1n) is 4.11. The molecule has 1 aromatic heterocycles. The second-order valence-corrected chi connectivity index (χ2v) is 2.73. The predicted molar refractivity (Wildman–Crippen MR) is 46.6 cm³/mol. The molecule has 2 nitrogen and oxygen atoms in total. The molecular weight excluding hydrogens is 138 g/mol. The van der Waals surface area contributed by atoms with Crippen LogP contribution in [0.5, 0.6) is 0 Å². The molecule has 0 aliphatic heterocycles. The van der Waals surface area contributed by atoms with E-state index in [0.717, 1.165) is 5.89 Å².